The summed E-state index contributed by atoms with van der Waals surface area (Å²) in [5.41, 5.74) is 7.26. The van der Waals surface area contributed by atoms with Crippen molar-refractivity contribution in [3.8, 4) is 5.75 Å². The molecule has 100 valence electrons. The zero-order valence-corrected chi connectivity index (χ0v) is 11.3. The van der Waals surface area contributed by atoms with E-state index in [2.05, 4.69) is 0 Å². The second-order valence-corrected chi connectivity index (χ2v) is 4.53. The summed E-state index contributed by atoms with van der Waals surface area (Å²) in [6.45, 7) is 2.48. The van der Waals surface area contributed by atoms with Crippen LogP contribution in [0.15, 0.2) is 42.5 Å². The Morgan fingerprint density at radius 1 is 1.26 bits per heavy atom. The smallest absolute Gasteiger partial charge is 0.146 e. The fourth-order valence-electron chi connectivity index (χ4n) is 1.90. The second-order valence-electron chi connectivity index (χ2n) is 4.13. The van der Waals surface area contributed by atoms with Crippen molar-refractivity contribution in [3.05, 3.63) is 64.4 Å². The summed E-state index contributed by atoms with van der Waals surface area (Å²) >= 11 is 5.77. The highest BCUT2D eigenvalue weighted by Gasteiger charge is 2.15. The van der Waals surface area contributed by atoms with Gasteiger partial charge in [-0.25, -0.2) is 4.39 Å². The molecule has 2 aromatic carbocycles. The minimum absolute atomic E-state index is 0.0777. The highest BCUT2D eigenvalue weighted by Crippen LogP contribution is 2.28. The third kappa shape index (κ3) is 3.06. The summed E-state index contributed by atoms with van der Waals surface area (Å²) in [5.74, 6) is 0.247. The van der Waals surface area contributed by atoms with Gasteiger partial charge in [-0.1, -0.05) is 35.9 Å². The van der Waals surface area contributed by atoms with E-state index >= 15 is 0 Å². The molecule has 0 amide bonds. The van der Waals surface area contributed by atoms with Gasteiger partial charge in [0.1, 0.15) is 11.6 Å². The first kappa shape index (κ1) is 13.8. The minimum Gasteiger partial charge on any atom is -0.494 e. The van der Waals surface area contributed by atoms with Crippen LogP contribution in [0.25, 0.3) is 0 Å². The van der Waals surface area contributed by atoms with Gasteiger partial charge in [0.2, 0.25) is 0 Å². The normalized spacial score (nSPS) is 12.2. The lowest BCUT2D eigenvalue weighted by Gasteiger charge is -2.15. The molecular formula is C15H15ClFNO. The number of nitrogens with two attached hydrogens (primary N) is 1. The summed E-state index contributed by atoms with van der Waals surface area (Å²) in [6, 6.07) is 11.6. The van der Waals surface area contributed by atoms with Crippen molar-refractivity contribution in [3.63, 3.8) is 0 Å². The summed E-state index contributed by atoms with van der Waals surface area (Å²) in [6.07, 6.45) is 0. The number of ether oxygens (including phenoxy) is 1. The number of hydrogen-bond acceptors (Lipinski definition) is 2. The van der Waals surface area contributed by atoms with Crippen molar-refractivity contribution < 1.29 is 9.13 Å². The molecule has 0 aliphatic rings. The Kier molecular flexibility index (Phi) is 4.40. The molecule has 19 heavy (non-hydrogen) atoms. The maximum Gasteiger partial charge on any atom is 0.146 e. The predicted molar refractivity (Wildman–Crippen MR) is 75.1 cm³/mol. The average molecular weight is 280 g/mol. The van der Waals surface area contributed by atoms with Crippen molar-refractivity contribution in [2.75, 3.05) is 6.61 Å². The zero-order chi connectivity index (χ0) is 13.8. The Labute approximate surface area is 117 Å². The summed E-state index contributed by atoms with van der Waals surface area (Å²) in [5, 5.41) is 0.0777. The first-order valence-corrected chi connectivity index (χ1v) is 6.43. The van der Waals surface area contributed by atoms with E-state index in [1.807, 2.05) is 31.2 Å². The fourth-order valence-corrected chi connectivity index (χ4v) is 2.09. The van der Waals surface area contributed by atoms with E-state index in [-0.39, 0.29) is 5.02 Å². The Morgan fingerprint density at radius 2 is 2.00 bits per heavy atom. The second kappa shape index (κ2) is 6.04. The largest absolute Gasteiger partial charge is 0.494 e. The van der Waals surface area contributed by atoms with Gasteiger partial charge in [-0.3, -0.25) is 0 Å². The first-order chi connectivity index (χ1) is 9.13. The molecule has 0 aliphatic heterocycles. The van der Waals surface area contributed by atoms with Gasteiger partial charge < -0.3 is 10.5 Å². The van der Waals surface area contributed by atoms with E-state index in [1.54, 1.807) is 12.1 Å². The van der Waals surface area contributed by atoms with Crippen LogP contribution in [0.5, 0.6) is 5.75 Å². The van der Waals surface area contributed by atoms with E-state index in [0.717, 1.165) is 11.3 Å². The van der Waals surface area contributed by atoms with Crippen molar-refractivity contribution in [2.24, 2.45) is 5.73 Å². The standard InChI is InChI=1S/C15H15ClFNO/c1-2-19-11-6-3-5-10(9-11)15(18)12-7-4-8-13(16)14(12)17/h3-9,15H,2,18H2,1H3. The Morgan fingerprint density at radius 3 is 2.74 bits per heavy atom. The highest BCUT2D eigenvalue weighted by atomic mass is 35.5. The molecule has 1 atom stereocenters. The van der Waals surface area contributed by atoms with Crippen LogP contribution in [0.2, 0.25) is 5.02 Å². The lowest BCUT2D eigenvalue weighted by atomic mass is 9.99. The van der Waals surface area contributed by atoms with Crippen LogP contribution in [0, 0.1) is 5.82 Å². The molecule has 0 saturated heterocycles. The molecule has 0 bridgehead atoms. The Balaban J connectivity index is 2.35. The third-order valence-electron chi connectivity index (χ3n) is 2.84. The quantitative estimate of drug-likeness (QED) is 0.920. The van der Waals surface area contributed by atoms with Gasteiger partial charge in [0.25, 0.3) is 0 Å². The van der Waals surface area contributed by atoms with Crippen molar-refractivity contribution in [2.45, 2.75) is 13.0 Å². The van der Waals surface area contributed by atoms with Gasteiger partial charge >= 0.3 is 0 Å². The van der Waals surface area contributed by atoms with Crippen LogP contribution in [0.1, 0.15) is 24.1 Å². The molecule has 0 spiro atoms. The molecule has 0 aromatic heterocycles. The van der Waals surface area contributed by atoms with Gasteiger partial charge in [-0.05, 0) is 30.7 Å². The maximum absolute atomic E-state index is 13.9. The van der Waals surface area contributed by atoms with E-state index < -0.39 is 11.9 Å². The number of hydrogen-bond donors (Lipinski definition) is 1. The van der Waals surface area contributed by atoms with Crippen molar-refractivity contribution in [1.82, 2.24) is 0 Å². The minimum atomic E-state index is -0.570. The van der Waals surface area contributed by atoms with E-state index in [0.29, 0.717) is 12.2 Å². The number of benzene rings is 2. The molecule has 2 aromatic rings. The van der Waals surface area contributed by atoms with Crippen LogP contribution >= 0.6 is 11.6 Å². The first-order valence-electron chi connectivity index (χ1n) is 6.05. The Hall–Kier alpha value is -1.58. The number of halogens is 2. The van der Waals surface area contributed by atoms with E-state index in [9.17, 15) is 4.39 Å². The SMILES string of the molecule is CCOc1cccc(C(N)c2cccc(Cl)c2F)c1. The average Bonchev–Trinajstić information content (AvgIpc) is 2.42. The van der Waals surface area contributed by atoms with Crippen LogP contribution < -0.4 is 10.5 Å². The lowest BCUT2D eigenvalue weighted by Crippen LogP contribution is -2.14. The molecule has 1 unspecified atom stereocenters. The van der Waals surface area contributed by atoms with Gasteiger partial charge in [-0.15, -0.1) is 0 Å². The predicted octanol–water partition coefficient (Wildman–Crippen LogP) is 3.93. The molecule has 4 heteroatoms. The molecule has 2 nitrogen and oxygen atoms in total. The molecule has 2 N–H and O–H groups in total. The van der Waals surface area contributed by atoms with E-state index in [1.165, 1.54) is 6.07 Å². The van der Waals surface area contributed by atoms with Crippen LogP contribution in [-0.4, -0.2) is 6.61 Å². The molecule has 0 fully saturated rings. The van der Waals surface area contributed by atoms with Gasteiger partial charge in [-0.2, -0.15) is 0 Å². The van der Waals surface area contributed by atoms with Crippen molar-refractivity contribution >= 4 is 11.6 Å². The van der Waals surface area contributed by atoms with Crippen LogP contribution in [0.3, 0.4) is 0 Å². The van der Waals surface area contributed by atoms with Crippen LogP contribution in [-0.2, 0) is 0 Å². The summed E-state index contributed by atoms with van der Waals surface area (Å²) < 4.78 is 19.4. The van der Waals surface area contributed by atoms with Gasteiger partial charge in [0, 0.05) is 5.56 Å². The molecule has 0 radical (unpaired) electrons. The number of rotatable bonds is 4. The maximum atomic E-state index is 13.9. The molecular weight excluding hydrogens is 265 g/mol. The lowest BCUT2D eigenvalue weighted by molar-refractivity contribution is 0.340. The van der Waals surface area contributed by atoms with Crippen LogP contribution in [0.4, 0.5) is 4.39 Å². The molecule has 0 heterocycles. The summed E-state index contributed by atoms with van der Waals surface area (Å²) in [7, 11) is 0. The van der Waals surface area contributed by atoms with Gasteiger partial charge in [0.15, 0.2) is 0 Å². The zero-order valence-electron chi connectivity index (χ0n) is 10.6. The fraction of sp³-hybridized carbons (Fsp3) is 0.200. The summed E-state index contributed by atoms with van der Waals surface area (Å²) in [4.78, 5) is 0. The highest BCUT2D eigenvalue weighted by molar-refractivity contribution is 6.30. The van der Waals surface area contributed by atoms with E-state index in [4.69, 9.17) is 22.1 Å². The van der Waals surface area contributed by atoms with Gasteiger partial charge in [0.05, 0.1) is 17.7 Å². The third-order valence-corrected chi connectivity index (χ3v) is 3.14. The van der Waals surface area contributed by atoms with Crippen molar-refractivity contribution in [1.29, 1.82) is 0 Å². The molecule has 2 rings (SSSR count). The topological polar surface area (TPSA) is 35.2 Å². The Bertz CT molecular complexity index is 574. The monoisotopic (exact) mass is 279 g/mol. The molecule has 0 aliphatic carbocycles. The molecule has 0 saturated carbocycles.